The monoisotopic (exact) mass is 379 g/mol. The third kappa shape index (κ3) is 15.9. The standard InChI is InChI=1S/C12H30N4O.C6H15NO2/c1-13(2)11(14(3)4)9-17-10-12(15(5)6)16(7)8;1-7(2)3-5-9-6-4-8/h11-12H,9-10H2,1-8H3;8H,3-6H2,1-2H3. The predicted molar refractivity (Wildman–Crippen MR) is 110 cm³/mol. The molecule has 160 valence electrons. The largest absolute Gasteiger partial charge is 0.394 e. The van der Waals surface area contributed by atoms with E-state index in [1.54, 1.807) is 0 Å². The summed E-state index contributed by atoms with van der Waals surface area (Å²) in [6.07, 6.45) is 0.639. The number of rotatable bonds is 13. The van der Waals surface area contributed by atoms with Gasteiger partial charge in [-0.1, -0.05) is 0 Å². The quantitative estimate of drug-likeness (QED) is 0.338. The molecule has 8 heteroatoms. The number of ether oxygens (including phenoxy) is 2. The average molecular weight is 380 g/mol. The van der Waals surface area contributed by atoms with Gasteiger partial charge in [-0.05, 0) is 70.5 Å². The molecule has 0 heterocycles. The van der Waals surface area contributed by atoms with Crippen LogP contribution in [0.25, 0.3) is 0 Å². The van der Waals surface area contributed by atoms with E-state index in [-0.39, 0.29) is 6.61 Å². The Kier molecular flexibility index (Phi) is 18.1. The van der Waals surface area contributed by atoms with Crippen molar-refractivity contribution in [3.63, 3.8) is 0 Å². The van der Waals surface area contributed by atoms with Gasteiger partial charge in [0.25, 0.3) is 0 Å². The molecular formula is C18H45N5O3. The predicted octanol–water partition coefficient (Wildman–Crippen LogP) is -0.541. The van der Waals surface area contributed by atoms with Crippen molar-refractivity contribution in [1.82, 2.24) is 24.5 Å². The van der Waals surface area contributed by atoms with Crippen molar-refractivity contribution in [3.8, 4) is 0 Å². The van der Waals surface area contributed by atoms with Crippen molar-refractivity contribution < 1.29 is 14.6 Å². The summed E-state index contributed by atoms with van der Waals surface area (Å²) in [6.45, 7) is 3.63. The van der Waals surface area contributed by atoms with Crippen LogP contribution in [0.2, 0.25) is 0 Å². The Morgan fingerprint density at radius 3 is 1.27 bits per heavy atom. The molecule has 0 rings (SSSR count). The fourth-order valence-electron chi connectivity index (χ4n) is 2.21. The van der Waals surface area contributed by atoms with Gasteiger partial charge in [0.05, 0.1) is 45.4 Å². The number of aliphatic hydroxyl groups excluding tert-OH is 1. The summed E-state index contributed by atoms with van der Waals surface area (Å²) >= 11 is 0. The van der Waals surface area contributed by atoms with Crippen molar-refractivity contribution >= 4 is 0 Å². The molecular weight excluding hydrogens is 334 g/mol. The smallest absolute Gasteiger partial charge is 0.0853 e. The van der Waals surface area contributed by atoms with Crippen molar-refractivity contribution in [2.75, 3.05) is 110 Å². The second-order valence-electron chi connectivity index (χ2n) is 7.49. The van der Waals surface area contributed by atoms with Gasteiger partial charge in [0.2, 0.25) is 0 Å². The zero-order valence-electron chi connectivity index (χ0n) is 18.9. The molecule has 0 radical (unpaired) electrons. The van der Waals surface area contributed by atoms with E-state index in [1.807, 2.05) is 19.0 Å². The molecule has 0 bridgehead atoms. The van der Waals surface area contributed by atoms with Gasteiger partial charge >= 0.3 is 0 Å². The van der Waals surface area contributed by atoms with Gasteiger partial charge < -0.3 is 19.5 Å². The fourth-order valence-corrected chi connectivity index (χ4v) is 2.21. The van der Waals surface area contributed by atoms with Crippen LogP contribution in [0.1, 0.15) is 0 Å². The van der Waals surface area contributed by atoms with E-state index >= 15 is 0 Å². The topological polar surface area (TPSA) is 54.9 Å². The van der Waals surface area contributed by atoms with Crippen molar-refractivity contribution in [1.29, 1.82) is 0 Å². The lowest BCUT2D eigenvalue weighted by atomic mass is 10.4. The van der Waals surface area contributed by atoms with Crippen LogP contribution in [-0.4, -0.2) is 152 Å². The number of nitrogens with zero attached hydrogens (tertiary/aromatic N) is 5. The third-order valence-electron chi connectivity index (χ3n) is 3.84. The van der Waals surface area contributed by atoms with Gasteiger partial charge in [0, 0.05) is 6.54 Å². The lowest BCUT2D eigenvalue weighted by Gasteiger charge is -2.33. The zero-order valence-corrected chi connectivity index (χ0v) is 18.9. The summed E-state index contributed by atoms with van der Waals surface area (Å²) in [6, 6.07) is 0. The Labute approximate surface area is 162 Å². The summed E-state index contributed by atoms with van der Waals surface area (Å²) < 4.78 is 10.8. The molecule has 1 N–H and O–H groups in total. The van der Waals surface area contributed by atoms with Gasteiger partial charge in [0.1, 0.15) is 0 Å². The number of likely N-dealkylation sites (N-methyl/N-ethyl adjacent to an activating group) is 5. The van der Waals surface area contributed by atoms with E-state index in [4.69, 9.17) is 14.6 Å². The number of aliphatic hydroxyl groups is 1. The molecule has 0 aliphatic carbocycles. The maximum atomic E-state index is 8.29. The normalized spacial score (nSPS) is 12.2. The molecule has 0 aliphatic rings. The van der Waals surface area contributed by atoms with Gasteiger partial charge in [0.15, 0.2) is 0 Å². The summed E-state index contributed by atoms with van der Waals surface area (Å²) in [4.78, 5) is 10.7. The van der Waals surface area contributed by atoms with E-state index in [0.29, 0.717) is 25.5 Å². The molecule has 0 unspecified atom stereocenters. The first kappa shape index (κ1) is 27.9. The highest BCUT2D eigenvalue weighted by Gasteiger charge is 2.17. The second-order valence-corrected chi connectivity index (χ2v) is 7.49. The molecule has 0 aromatic heterocycles. The second kappa shape index (κ2) is 16.8. The van der Waals surface area contributed by atoms with Gasteiger partial charge in [-0.15, -0.1) is 0 Å². The lowest BCUT2D eigenvalue weighted by molar-refractivity contribution is -0.0268. The van der Waals surface area contributed by atoms with Crippen molar-refractivity contribution in [2.24, 2.45) is 0 Å². The Hall–Kier alpha value is -0.320. The van der Waals surface area contributed by atoms with Crippen LogP contribution in [0.4, 0.5) is 0 Å². The van der Waals surface area contributed by atoms with E-state index in [1.165, 1.54) is 0 Å². The molecule has 0 aromatic carbocycles. The molecule has 0 atom stereocenters. The maximum Gasteiger partial charge on any atom is 0.0853 e. The fraction of sp³-hybridized carbons (Fsp3) is 1.00. The van der Waals surface area contributed by atoms with Gasteiger partial charge in [-0.3, -0.25) is 19.6 Å². The summed E-state index contributed by atoms with van der Waals surface area (Å²) in [5.74, 6) is 0. The van der Waals surface area contributed by atoms with Crippen molar-refractivity contribution in [3.05, 3.63) is 0 Å². The first-order valence-electron chi connectivity index (χ1n) is 9.11. The lowest BCUT2D eigenvalue weighted by Crippen LogP contribution is -2.47. The van der Waals surface area contributed by atoms with Gasteiger partial charge in [-0.2, -0.15) is 0 Å². The van der Waals surface area contributed by atoms with Crippen LogP contribution in [-0.2, 0) is 9.47 Å². The summed E-state index contributed by atoms with van der Waals surface area (Å²) in [5.41, 5.74) is 0. The highest BCUT2D eigenvalue weighted by molar-refractivity contribution is 4.65. The minimum Gasteiger partial charge on any atom is -0.394 e. The van der Waals surface area contributed by atoms with Crippen molar-refractivity contribution in [2.45, 2.75) is 12.3 Å². The molecule has 0 saturated heterocycles. The van der Waals surface area contributed by atoms with Gasteiger partial charge in [-0.25, -0.2) is 0 Å². The molecule has 0 saturated carbocycles. The Balaban J connectivity index is 0. The molecule has 8 nitrogen and oxygen atoms in total. The van der Waals surface area contributed by atoms with E-state index in [0.717, 1.165) is 19.8 Å². The summed E-state index contributed by atoms with van der Waals surface area (Å²) in [5, 5.41) is 8.29. The first-order chi connectivity index (χ1) is 12.0. The van der Waals surface area contributed by atoms with Crippen LogP contribution < -0.4 is 0 Å². The molecule has 0 spiro atoms. The molecule has 0 amide bonds. The summed E-state index contributed by atoms with van der Waals surface area (Å²) in [7, 11) is 20.6. The number of hydrogen-bond donors (Lipinski definition) is 1. The van der Waals surface area contributed by atoms with E-state index in [9.17, 15) is 0 Å². The first-order valence-corrected chi connectivity index (χ1v) is 9.11. The third-order valence-corrected chi connectivity index (χ3v) is 3.84. The highest BCUT2D eigenvalue weighted by Crippen LogP contribution is 2.02. The van der Waals surface area contributed by atoms with Crippen LogP contribution in [0.5, 0.6) is 0 Å². The average Bonchev–Trinajstić information content (AvgIpc) is 2.50. The van der Waals surface area contributed by atoms with Crippen LogP contribution in [0, 0.1) is 0 Å². The Bertz CT molecular complexity index is 267. The molecule has 26 heavy (non-hydrogen) atoms. The molecule has 0 aromatic rings. The minimum atomic E-state index is 0.118. The molecule has 0 fully saturated rings. The Morgan fingerprint density at radius 2 is 1.00 bits per heavy atom. The van der Waals surface area contributed by atoms with E-state index in [2.05, 4.69) is 76.0 Å². The number of hydrogen-bond acceptors (Lipinski definition) is 8. The van der Waals surface area contributed by atoms with Crippen LogP contribution in [0.15, 0.2) is 0 Å². The minimum absolute atomic E-state index is 0.118. The zero-order chi connectivity index (χ0) is 20.7. The maximum absolute atomic E-state index is 8.29. The van der Waals surface area contributed by atoms with Crippen LogP contribution in [0.3, 0.4) is 0 Å². The van der Waals surface area contributed by atoms with Crippen LogP contribution >= 0.6 is 0 Å². The SMILES string of the molecule is CN(C)C(COCC(N(C)C)N(C)C)N(C)C.CN(C)CCOCCO. The highest BCUT2D eigenvalue weighted by atomic mass is 16.5. The van der Waals surface area contributed by atoms with E-state index < -0.39 is 0 Å². The Morgan fingerprint density at radius 1 is 0.615 bits per heavy atom. The molecule has 0 aliphatic heterocycles.